The molecule has 1 aromatic rings. The molecule has 0 radical (unpaired) electrons. The number of ether oxygens (including phenoxy) is 1. The summed E-state index contributed by atoms with van der Waals surface area (Å²) in [5.74, 6) is 0.884. The van der Waals surface area contributed by atoms with Crippen LogP contribution >= 0.6 is 0 Å². The maximum atomic E-state index is 5.94. The zero-order chi connectivity index (χ0) is 10.6. The molecule has 0 aliphatic rings. The highest BCUT2D eigenvalue weighted by Gasteiger charge is 2.07. The first-order chi connectivity index (χ1) is 6.69. The first-order valence-electron chi connectivity index (χ1n) is 4.79. The van der Waals surface area contributed by atoms with Gasteiger partial charge in [0.1, 0.15) is 5.75 Å². The lowest BCUT2D eigenvalue weighted by atomic mass is 10.0. The zero-order valence-electron chi connectivity index (χ0n) is 8.79. The molecule has 0 spiro atoms. The summed E-state index contributed by atoms with van der Waals surface area (Å²) in [6.07, 6.45) is 0.798. The molecule has 0 saturated carbocycles. The molecule has 78 valence electrons. The van der Waals surface area contributed by atoms with E-state index in [1.165, 1.54) is 0 Å². The minimum absolute atomic E-state index is 0.00880. The van der Waals surface area contributed by atoms with Crippen LogP contribution in [-0.2, 0) is 0 Å². The fraction of sp³-hybridized carbons (Fsp3) is 0.455. The van der Waals surface area contributed by atoms with Crippen LogP contribution in [0.3, 0.4) is 0 Å². The number of benzene rings is 1. The van der Waals surface area contributed by atoms with Crippen molar-refractivity contribution in [2.45, 2.75) is 19.4 Å². The Hall–Kier alpha value is -1.06. The van der Waals surface area contributed by atoms with Gasteiger partial charge in [-0.3, -0.25) is 0 Å². The van der Waals surface area contributed by atoms with Crippen LogP contribution in [0.1, 0.15) is 23.6 Å². The molecule has 1 atom stereocenters. The smallest absolute Gasteiger partial charge is 0.122 e. The van der Waals surface area contributed by atoms with Gasteiger partial charge in [-0.1, -0.05) is 12.1 Å². The van der Waals surface area contributed by atoms with Gasteiger partial charge in [-0.2, -0.15) is 0 Å². The summed E-state index contributed by atoms with van der Waals surface area (Å²) < 4.78 is 5.23. The van der Waals surface area contributed by atoms with Gasteiger partial charge in [0.05, 0.1) is 7.11 Å². The van der Waals surface area contributed by atoms with E-state index in [0.717, 1.165) is 23.3 Å². The Balaban J connectivity index is 2.88. The summed E-state index contributed by atoms with van der Waals surface area (Å²) in [4.78, 5) is 0. The molecule has 0 aromatic heterocycles. The molecule has 0 aliphatic carbocycles. The van der Waals surface area contributed by atoms with E-state index in [1.54, 1.807) is 7.11 Å². The van der Waals surface area contributed by atoms with Gasteiger partial charge in [0, 0.05) is 6.04 Å². The molecule has 0 fully saturated rings. The monoisotopic (exact) mass is 194 g/mol. The minimum Gasteiger partial charge on any atom is -0.496 e. The summed E-state index contributed by atoms with van der Waals surface area (Å²) in [6, 6.07) is 6.03. The summed E-state index contributed by atoms with van der Waals surface area (Å²) >= 11 is 0. The molecule has 0 unspecified atom stereocenters. The second-order valence-electron chi connectivity index (χ2n) is 3.41. The van der Waals surface area contributed by atoms with Gasteiger partial charge in [0.25, 0.3) is 0 Å². The summed E-state index contributed by atoms with van der Waals surface area (Å²) in [6.45, 7) is 2.62. The third-order valence-corrected chi connectivity index (χ3v) is 2.34. The van der Waals surface area contributed by atoms with Crippen LogP contribution in [0.25, 0.3) is 0 Å². The van der Waals surface area contributed by atoms with Crippen molar-refractivity contribution in [3.05, 3.63) is 29.3 Å². The van der Waals surface area contributed by atoms with E-state index in [0.29, 0.717) is 6.54 Å². The van der Waals surface area contributed by atoms with Gasteiger partial charge in [0.2, 0.25) is 0 Å². The zero-order valence-corrected chi connectivity index (χ0v) is 8.79. The van der Waals surface area contributed by atoms with Gasteiger partial charge < -0.3 is 16.2 Å². The number of aryl methyl sites for hydroxylation is 1. The van der Waals surface area contributed by atoms with Crippen molar-refractivity contribution in [1.29, 1.82) is 0 Å². The highest BCUT2D eigenvalue weighted by Crippen LogP contribution is 2.23. The van der Waals surface area contributed by atoms with Crippen molar-refractivity contribution in [2.24, 2.45) is 11.5 Å². The normalized spacial score (nSPS) is 12.6. The van der Waals surface area contributed by atoms with Gasteiger partial charge in [0.15, 0.2) is 0 Å². The van der Waals surface area contributed by atoms with Crippen LogP contribution in [0, 0.1) is 6.92 Å². The SMILES string of the molecule is COc1cc([C@H](N)CCN)ccc1C. The minimum atomic E-state index is 0.00880. The number of methoxy groups -OCH3 is 1. The lowest BCUT2D eigenvalue weighted by molar-refractivity contribution is 0.410. The fourth-order valence-corrected chi connectivity index (χ4v) is 1.41. The molecule has 0 heterocycles. The third kappa shape index (κ3) is 2.47. The molecule has 4 N–H and O–H groups in total. The fourth-order valence-electron chi connectivity index (χ4n) is 1.41. The Morgan fingerprint density at radius 2 is 2.14 bits per heavy atom. The molecule has 1 aromatic carbocycles. The van der Waals surface area contributed by atoms with Crippen LogP contribution in [0.15, 0.2) is 18.2 Å². The topological polar surface area (TPSA) is 61.3 Å². The Kier molecular flexibility index (Phi) is 3.92. The van der Waals surface area contributed by atoms with Crippen molar-refractivity contribution in [2.75, 3.05) is 13.7 Å². The van der Waals surface area contributed by atoms with Crippen LogP contribution < -0.4 is 16.2 Å². The Labute approximate surface area is 85.0 Å². The van der Waals surface area contributed by atoms with E-state index in [4.69, 9.17) is 16.2 Å². The quantitative estimate of drug-likeness (QED) is 0.760. The molecule has 1 rings (SSSR count). The summed E-state index contributed by atoms with van der Waals surface area (Å²) in [5, 5.41) is 0. The highest BCUT2D eigenvalue weighted by molar-refractivity contribution is 5.37. The van der Waals surface area contributed by atoms with Crippen molar-refractivity contribution >= 4 is 0 Å². The predicted molar refractivity (Wildman–Crippen MR) is 58.3 cm³/mol. The Morgan fingerprint density at radius 1 is 1.43 bits per heavy atom. The second-order valence-corrected chi connectivity index (χ2v) is 3.41. The molecular formula is C11H18N2O. The molecule has 0 amide bonds. The van der Waals surface area contributed by atoms with Gasteiger partial charge >= 0.3 is 0 Å². The Bertz CT molecular complexity index is 299. The maximum Gasteiger partial charge on any atom is 0.122 e. The number of hydrogen-bond acceptors (Lipinski definition) is 3. The van der Waals surface area contributed by atoms with Crippen molar-refractivity contribution < 1.29 is 4.74 Å². The molecule has 3 nitrogen and oxygen atoms in total. The number of nitrogens with two attached hydrogens (primary N) is 2. The predicted octanol–water partition coefficient (Wildman–Crippen LogP) is 1.35. The van der Waals surface area contributed by atoms with E-state index < -0.39 is 0 Å². The highest BCUT2D eigenvalue weighted by atomic mass is 16.5. The van der Waals surface area contributed by atoms with E-state index in [1.807, 2.05) is 25.1 Å². The largest absolute Gasteiger partial charge is 0.496 e. The van der Waals surface area contributed by atoms with Gasteiger partial charge in [-0.25, -0.2) is 0 Å². The first-order valence-corrected chi connectivity index (χ1v) is 4.79. The molecule has 0 bridgehead atoms. The second kappa shape index (κ2) is 4.98. The van der Waals surface area contributed by atoms with E-state index in [-0.39, 0.29) is 6.04 Å². The number of hydrogen-bond donors (Lipinski definition) is 2. The van der Waals surface area contributed by atoms with Gasteiger partial charge in [-0.05, 0) is 37.1 Å². The van der Waals surface area contributed by atoms with E-state index >= 15 is 0 Å². The molecule has 3 heteroatoms. The summed E-state index contributed by atoms with van der Waals surface area (Å²) in [7, 11) is 1.67. The average Bonchev–Trinajstić information content (AvgIpc) is 2.19. The molecular weight excluding hydrogens is 176 g/mol. The average molecular weight is 194 g/mol. The van der Waals surface area contributed by atoms with Crippen LogP contribution in [0.2, 0.25) is 0 Å². The maximum absolute atomic E-state index is 5.94. The first kappa shape index (κ1) is 11.0. The van der Waals surface area contributed by atoms with Crippen molar-refractivity contribution in [3.8, 4) is 5.75 Å². The standard InChI is InChI=1S/C11H18N2O/c1-8-3-4-9(7-11(8)14-2)10(13)5-6-12/h3-4,7,10H,5-6,12-13H2,1-2H3/t10-/m1/s1. The van der Waals surface area contributed by atoms with E-state index in [2.05, 4.69) is 0 Å². The third-order valence-electron chi connectivity index (χ3n) is 2.34. The van der Waals surface area contributed by atoms with Crippen LogP contribution in [0.5, 0.6) is 5.75 Å². The lowest BCUT2D eigenvalue weighted by Crippen LogP contribution is -2.15. The van der Waals surface area contributed by atoms with Crippen LogP contribution in [-0.4, -0.2) is 13.7 Å². The molecule has 0 saturated heterocycles. The molecule has 14 heavy (non-hydrogen) atoms. The molecule has 0 aliphatic heterocycles. The number of rotatable bonds is 4. The lowest BCUT2D eigenvalue weighted by Gasteiger charge is -2.13. The van der Waals surface area contributed by atoms with Crippen molar-refractivity contribution in [1.82, 2.24) is 0 Å². The summed E-state index contributed by atoms with van der Waals surface area (Å²) in [5.41, 5.74) is 13.6. The van der Waals surface area contributed by atoms with Crippen LogP contribution in [0.4, 0.5) is 0 Å². The van der Waals surface area contributed by atoms with E-state index in [9.17, 15) is 0 Å². The van der Waals surface area contributed by atoms with Gasteiger partial charge in [-0.15, -0.1) is 0 Å². The van der Waals surface area contributed by atoms with Crippen molar-refractivity contribution in [3.63, 3.8) is 0 Å². The Morgan fingerprint density at radius 3 is 2.71 bits per heavy atom.